The fraction of sp³-hybridized carbons (Fsp3) is 0.529. The summed E-state index contributed by atoms with van der Waals surface area (Å²) in [4.78, 5) is 25.7. The van der Waals surface area contributed by atoms with Crippen molar-refractivity contribution < 1.29 is 19.1 Å². The Kier molecular flexibility index (Phi) is 3.67. The molecule has 1 amide bonds. The van der Waals surface area contributed by atoms with Crippen molar-refractivity contribution in [3.05, 3.63) is 35.1 Å². The van der Waals surface area contributed by atoms with Crippen LogP contribution in [0.15, 0.2) is 18.2 Å². The van der Waals surface area contributed by atoms with Gasteiger partial charge in [-0.05, 0) is 56.4 Å². The monoisotopic (exact) mass is 305 g/mol. The van der Waals surface area contributed by atoms with Crippen LogP contribution in [0.5, 0.6) is 0 Å². The molecule has 1 N–H and O–H groups in total. The molecule has 1 aliphatic carbocycles. The van der Waals surface area contributed by atoms with Gasteiger partial charge in [0, 0.05) is 6.04 Å². The van der Waals surface area contributed by atoms with Gasteiger partial charge in [0.05, 0.1) is 17.9 Å². The molecule has 1 aromatic rings. The predicted molar refractivity (Wildman–Crippen MR) is 78.7 cm³/mol. The second-order valence-corrected chi connectivity index (χ2v) is 6.45. The molecule has 2 aliphatic rings. The lowest BCUT2D eigenvalue weighted by Gasteiger charge is -2.45. The van der Waals surface area contributed by atoms with E-state index >= 15 is 0 Å². The number of benzene rings is 1. The average molecular weight is 305 g/mol. The highest BCUT2D eigenvalue weighted by Gasteiger charge is 2.46. The van der Waals surface area contributed by atoms with E-state index in [2.05, 4.69) is 0 Å². The summed E-state index contributed by atoms with van der Waals surface area (Å²) in [6, 6.07) is 4.48. The van der Waals surface area contributed by atoms with Crippen LogP contribution >= 0.6 is 0 Å². The van der Waals surface area contributed by atoms with Gasteiger partial charge in [-0.3, -0.25) is 9.59 Å². The zero-order chi connectivity index (χ0) is 16.0. The number of fused-ring (bicyclic) bond motifs is 1. The Morgan fingerprint density at radius 2 is 1.91 bits per heavy atom. The lowest BCUT2D eigenvalue weighted by atomic mass is 9.72. The van der Waals surface area contributed by atoms with E-state index in [4.69, 9.17) is 5.11 Å². The largest absolute Gasteiger partial charge is 0.481 e. The van der Waals surface area contributed by atoms with Gasteiger partial charge in [0.2, 0.25) is 5.91 Å². The number of amides is 1. The Hall–Kier alpha value is -1.91. The van der Waals surface area contributed by atoms with Gasteiger partial charge in [-0.1, -0.05) is 6.07 Å². The summed E-state index contributed by atoms with van der Waals surface area (Å²) in [5, 5.41) is 9.16. The fourth-order valence-corrected chi connectivity index (χ4v) is 3.80. The second kappa shape index (κ2) is 5.38. The Bertz CT molecular complexity index is 630. The summed E-state index contributed by atoms with van der Waals surface area (Å²) < 4.78 is 13.4. The molecule has 0 bridgehead atoms. The normalized spacial score (nSPS) is 30.4. The van der Waals surface area contributed by atoms with Gasteiger partial charge in [-0.25, -0.2) is 4.39 Å². The molecule has 1 saturated carbocycles. The molecule has 1 aliphatic heterocycles. The third-order valence-corrected chi connectivity index (χ3v) is 5.13. The number of halogens is 1. The van der Waals surface area contributed by atoms with Crippen molar-refractivity contribution in [3.63, 3.8) is 0 Å². The maximum Gasteiger partial charge on any atom is 0.307 e. The summed E-state index contributed by atoms with van der Waals surface area (Å²) >= 11 is 0. The first-order valence-corrected chi connectivity index (χ1v) is 7.73. The number of rotatable bonds is 2. The summed E-state index contributed by atoms with van der Waals surface area (Å²) in [6.45, 7) is 3.87. The highest BCUT2D eigenvalue weighted by Crippen LogP contribution is 2.40. The van der Waals surface area contributed by atoms with Gasteiger partial charge in [-0.15, -0.1) is 0 Å². The second-order valence-electron chi connectivity index (χ2n) is 6.45. The molecule has 118 valence electrons. The molecule has 0 radical (unpaired) electrons. The van der Waals surface area contributed by atoms with Gasteiger partial charge >= 0.3 is 5.97 Å². The highest BCUT2D eigenvalue weighted by atomic mass is 19.1. The molecular weight excluding hydrogens is 285 g/mol. The number of carbonyl (C=O) groups excluding carboxylic acids is 1. The van der Waals surface area contributed by atoms with Crippen molar-refractivity contribution in [2.24, 2.45) is 11.8 Å². The summed E-state index contributed by atoms with van der Waals surface area (Å²) in [7, 11) is 0. The van der Waals surface area contributed by atoms with Crippen molar-refractivity contribution in [1.82, 2.24) is 4.90 Å². The minimum atomic E-state index is -0.885. The van der Waals surface area contributed by atoms with Crippen LogP contribution in [-0.4, -0.2) is 27.9 Å². The van der Waals surface area contributed by atoms with E-state index in [1.807, 2.05) is 13.8 Å². The first-order chi connectivity index (χ1) is 10.4. The van der Waals surface area contributed by atoms with E-state index in [0.717, 1.165) is 11.1 Å². The number of carboxylic acid groups (broad SMARTS) is 1. The van der Waals surface area contributed by atoms with Gasteiger partial charge < -0.3 is 10.0 Å². The van der Waals surface area contributed by atoms with Crippen molar-refractivity contribution >= 4 is 11.9 Å². The van der Waals surface area contributed by atoms with Crippen molar-refractivity contribution in [3.8, 4) is 0 Å². The Morgan fingerprint density at radius 1 is 1.23 bits per heavy atom. The number of aliphatic carboxylic acids is 1. The van der Waals surface area contributed by atoms with Gasteiger partial charge in [0.25, 0.3) is 0 Å². The molecule has 0 saturated heterocycles. The minimum Gasteiger partial charge on any atom is -0.481 e. The van der Waals surface area contributed by atoms with Crippen LogP contribution in [0.2, 0.25) is 0 Å². The first-order valence-electron chi connectivity index (χ1n) is 7.73. The molecule has 4 unspecified atom stereocenters. The lowest BCUT2D eigenvalue weighted by Crippen LogP contribution is -2.52. The molecule has 22 heavy (non-hydrogen) atoms. The van der Waals surface area contributed by atoms with E-state index in [1.54, 1.807) is 11.0 Å². The van der Waals surface area contributed by atoms with Crippen molar-refractivity contribution in [2.45, 2.75) is 45.2 Å². The van der Waals surface area contributed by atoms with E-state index < -0.39 is 17.8 Å². The summed E-state index contributed by atoms with van der Waals surface area (Å²) in [5.41, 5.74) is 1.89. The highest BCUT2D eigenvalue weighted by molar-refractivity contribution is 5.87. The number of hydrogen-bond donors (Lipinski definition) is 1. The maximum absolute atomic E-state index is 13.4. The predicted octanol–water partition coefficient (Wildman–Crippen LogP) is 2.77. The standard InChI is InChI=1S/C17H20FNO3/c1-9-7-11-8-12(18)3-4-13(11)10(2)19(9)16(20)14-5-6-15(14)17(21)22/h3-4,8-10,14-15H,5-7H2,1-2H3,(H,21,22). The Labute approximate surface area is 128 Å². The van der Waals surface area contributed by atoms with Crippen molar-refractivity contribution in [2.75, 3.05) is 0 Å². The molecule has 1 heterocycles. The first kappa shape index (κ1) is 15.0. The number of carbonyl (C=O) groups is 2. The Morgan fingerprint density at radius 3 is 2.50 bits per heavy atom. The van der Waals surface area contributed by atoms with Crippen LogP contribution in [0, 0.1) is 17.7 Å². The summed E-state index contributed by atoms with van der Waals surface area (Å²) in [5.74, 6) is -2.19. The molecule has 3 rings (SSSR count). The van der Waals surface area contributed by atoms with Crippen LogP contribution in [0.1, 0.15) is 43.9 Å². The quantitative estimate of drug-likeness (QED) is 0.914. The van der Waals surface area contributed by atoms with Crippen LogP contribution in [0.3, 0.4) is 0 Å². The van der Waals surface area contributed by atoms with Gasteiger partial charge in [0.1, 0.15) is 5.82 Å². The molecule has 4 atom stereocenters. The number of carboxylic acids is 1. The maximum atomic E-state index is 13.4. The summed E-state index contributed by atoms with van der Waals surface area (Å²) in [6.07, 6.45) is 1.82. The smallest absolute Gasteiger partial charge is 0.307 e. The van der Waals surface area contributed by atoms with E-state index in [9.17, 15) is 14.0 Å². The molecule has 1 fully saturated rings. The van der Waals surface area contributed by atoms with Crippen LogP contribution in [0.25, 0.3) is 0 Å². The van der Waals surface area contributed by atoms with Gasteiger partial charge in [0.15, 0.2) is 0 Å². The lowest BCUT2D eigenvalue weighted by molar-refractivity contribution is -0.159. The fourth-order valence-electron chi connectivity index (χ4n) is 3.80. The molecule has 1 aromatic carbocycles. The molecule has 5 heteroatoms. The van der Waals surface area contributed by atoms with E-state index in [1.165, 1.54) is 12.1 Å². The van der Waals surface area contributed by atoms with Crippen molar-refractivity contribution in [1.29, 1.82) is 0 Å². The topological polar surface area (TPSA) is 57.6 Å². The number of hydrogen-bond acceptors (Lipinski definition) is 2. The molecular formula is C17H20FNO3. The van der Waals surface area contributed by atoms with E-state index in [-0.39, 0.29) is 23.8 Å². The Balaban J connectivity index is 1.87. The van der Waals surface area contributed by atoms with Crippen LogP contribution in [0.4, 0.5) is 4.39 Å². The zero-order valence-electron chi connectivity index (χ0n) is 12.8. The SMILES string of the molecule is CC1Cc2cc(F)ccc2C(C)N1C(=O)C1CCC1C(=O)O. The number of nitrogens with zero attached hydrogens (tertiary/aromatic N) is 1. The third kappa shape index (κ3) is 2.28. The average Bonchev–Trinajstić information content (AvgIpc) is 2.35. The minimum absolute atomic E-state index is 0.0492. The third-order valence-electron chi connectivity index (χ3n) is 5.13. The molecule has 4 nitrogen and oxygen atoms in total. The van der Waals surface area contributed by atoms with Crippen LogP contribution < -0.4 is 0 Å². The van der Waals surface area contributed by atoms with Crippen LogP contribution in [-0.2, 0) is 16.0 Å². The molecule has 0 spiro atoms. The van der Waals surface area contributed by atoms with E-state index in [0.29, 0.717) is 19.3 Å². The zero-order valence-corrected chi connectivity index (χ0v) is 12.8. The molecule has 0 aromatic heterocycles. The van der Waals surface area contributed by atoms with Gasteiger partial charge in [-0.2, -0.15) is 0 Å².